The highest BCUT2D eigenvalue weighted by molar-refractivity contribution is 7.47. The lowest BCUT2D eigenvalue weighted by molar-refractivity contribution is -0.870. The zero-order valence-electron chi connectivity index (χ0n) is 35.4. The summed E-state index contributed by atoms with van der Waals surface area (Å²) in [4.78, 5) is 35.3. The Morgan fingerprint density at radius 3 is 1.62 bits per heavy atom. The van der Waals surface area contributed by atoms with Gasteiger partial charge in [-0.1, -0.05) is 138 Å². The maximum absolute atomic E-state index is 12.6. The van der Waals surface area contributed by atoms with Gasteiger partial charge < -0.3 is 18.9 Å². The molecular weight excluding hydrogens is 713 g/mol. The van der Waals surface area contributed by atoms with E-state index in [1.807, 2.05) is 33.3 Å². The highest BCUT2D eigenvalue weighted by atomic mass is 31.2. The van der Waals surface area contributed by atoms with E-state index in [2.05, 4.69) is 74.6 Å². The smallest absolute Gasteiger partial charge is 0.462 e. The molecule has 9 nitrogen and oxygen atoms in total. The second-order valence-corrected chi connectivity index (χ2v) is 16.4. The molecular formula is C45H79NO8P+. The summed E-state index contributed by atoms with van der Waals surface area (Å²) in [6, 6.07) is 0. The second kappa shape index (κ2) is 37.1. The highest BCUT2D eigenvalue weighted by Gasteiger charge is 2.27. The lowest BCUT2D eigenvalue weighted by atomic mass is 10.1. The fourth-order valence-corrected chi connectivity index (χ4v) is 5.92. The Kier molecular flexibility index (Phi) is 35.3. The van der Waals surface area contributed by atoms with Crippen molar-refractivity contribution in [1.82, 2.24) is 0 Å². The molecule has 0 radical (unpaired) electrons. The van der Waals surface area contributed by atoms with Crippen molar-refractivity contribution < 1.29 is 42.1 Å². The number of esters is 2. The van der Waals surface area contributed by atoms with E-state index in [4.69, 9.17) is 18.5 Å². The number of likely N-dealkylation sites (N-methyl/N-ethyl adjacent to an activating group) is 1. The number of ether oxygens (including phenoxy) is 2. The van der Waals surface area contributed by atoms with E-state index in [0.717, 1.165) is 64.2 Å². The SMILES string of the molecule is CC/C=C\C/C=C\C/C=C\C/C=C\CCC(=O)OC(COC(=O)CCCCCCCCC/C=C\C/C=C\CCCCCC)COP(=O)(O)OCC[N+](C)(C)C. The fourth-order valence-electron chi connectivity index (χ4n) is 5.17. The van der Waals surface area contributed by atoms with Crippen LogP contribution in [-0.4, -0.2) is 74.9 Å². The minimum Gasteiger partial charge on any atom is -0.462 e. The molecule has 0 aromatic heterocycles. The maximum Gasteiger partial charge on any atom is 0.472 e. The number of carbonyl (C=O) groups excluding carboxylic acids is 2. The van der Waals surface area contributed by atoms with Crippen molar-refractivity contribution in [3.8, 4) is 0 Å². The third-order valence-corrected chi connectivity index (χ3v) is 9.47. The van der Waals surface area contributed by atoms with Crippen molar-refractivity contribution in [3.63, 3.8) is 0 Å². The van der Waals surface area contributed by atoms with Gasteiger partial charge in [0, 0.05) is 12.8 Å². The monoisotopic (exact) mass is 793 g/mol. The highest BCUT2D eigenvalue weighted by Crippen LogP contribution is 2.43. The van der Waals surface area contributed by atoms with Gasteiger partial charge in [0.25, 0.3) is 0 Å². The molecule has 0 spiro atoms. The molecule has 0 aliphatic rings. The molecule has 0 rings (SSSR count). The molecule has 2 atom stereocenters. The number of allylic oxidation sites excluding steroid dienone is 12. The van der Waals surface area contributed by atoms with Crippen molar-refractivity contribution >= 4 is 19.8 Å². The summed E-state index contributed by atoms with van der Waals surface area (Å²) < 4.78 is 34.1. The first kappa shape index (κ1) is 52.5. The van der Waals surface area contributed by atoms with Crippen molar-refractivity contribution in [2.75, 3.05) is 47.5 Å². The van der Waals surface area contributed by atoms with Crippen LogP contribution in [0.15, 0.2) is 72.9 Å². The molecule has 0 saturated heterocycles. The molecule has 55 heavy (non-hydrogen) atoms. The quantitative estimate of drug-likeness (QED) is 0.0218. The van der Waals surface area contributed by atoms with Crippen LogP contribution in [0.3, 0.4) is 0 Å². The van der Waals surface area contributed by atoms with E-state index in [9.17, 15) is 19.0 Å². The summed E-state index contributed by atoms with van der Waals surface area (Å²) in [5, 5.41) is 0. The molecule has 0 aromatic carbocycles. The number of hydrogen-bond donors (Lipinski definition) is 1. The van der Waals surface area contributed by atoms with Gasteiger partial charge in [0.2, 0.25) is 0 Å². The Morgan fingerprint density at radius 1 is 0.582 bits per heavy atom. The molecule has 0 saturated carbocycles. The molecule has 0 bridgehead atoms. The molecule has 10 heteroatoms. The zero-order chi connectivity index (χ0) is 40.7. The first-order chi connectivity index (χ1) is 26.5. The van der Waals surface area contributed by atoms with Crippen molar-refractivity contribution in [3.05, 3.63) is 72.9 Å². The standard InChI is InChI=1S/C45H78NO8P/c1-6-8-10-12-14-16-18-20-21-22-23-24-26-27-29-31-33-35-37-44(47)51-41-43(42-53-55(49,50)52-40-39-46(3,4)5)54-45(48)38-36-34-32-30-28-25-19-17-15-13-11-9-7-2/h9,11,15-18,21-22,25,28,32,34,43H,6-8,10,12-14,19-20,23-24,26-27,29-31,33,35-42H2,1-5H3/p+1/b11-9-,17-15-,18-16-,22-21-,28-25-,34-32-. The van der Waals surface area contributed by atoms with E-state index in [1.165, 1.54) is 51.4 Å². The van der Waals surface area contributed by atoms with Crippen LogP contribution in [0.1, 0.15) is 149 Å². The summed E-state index contributed by atoms with van der Waals surface area (Å²) >= 11 is 0. The summed E-state index contributed by atoms with van der Waals surface area (Å²) in [5.41, 5.74) is 0. The fraction of sp³-hybridized carbons (Fsp3) is 0.689. The lowest BCUT2D eigenvalue weighted by Crippen LogP contribution is -2.37. The van der Waals surface area contributed by atoms with E-state index in [1.54, 1.807) is 0 Å². The number of quaternary nitrogens is 1. The Bertz CT molecular complexity index is 1170. The minimum atomic E-state index is -4.40. The van der Waals surface area contributed by atoms with Gasteiger partial charge in [-0.3, -0.25) is 18.6 Å². The normalized spacial score (nSPS) is 14.4. The number of phosphoric acid groups is 1. The van der Waals surface area contributed by atoms with E-state index in [-0.39, 0.29) is 26.1 Å². The summed E-state index contributed by atoms with van der Waals surface area (Å²) in [5.74, 6) is -0.909. The summed E-state index contributed by atoms with van der Waals surface area (Å²) in [6.07, 6.45) is 45.4. The molecule has 316 valence electrons. The van der Waals surface area contributed by atoms with Gasteiger partial charge >= 0.3 is 19.8 Å². The van der Waals surface area contributed by atoms with Crippen molar-refractivity contribution in [2.24, 2.45) is 0 Å². The van der Waals surface area contributed by atoms with E-state index < -0.39 is 32.5 Å². The lowest BCUT2D eigenvalue weighted by Gasteiger charge is -2.24. The summed E-state index contributed by atoms with van der Waals surface area (Å²) in [7, 11) is 1.42. The largest absolute Gasteiger partial charge is 0.472 e. The topological polar surface area (TPSA) is 108 Å². The predicted octanol–water partition coefficient (Wildman–Crippen LogP) is 11.9. The van der Waals surface area contributed by atoms with Crippen LogP contribution in [0, 0.1) is 0 Å². The van der Waals surface area contributed by atoms with Crippen LogP contribution in [0.4, 0.5) is 0 Å². The van der Waals surface area contributed by atoms with Gasteiger partial charge in [-0.05, 0) is 70.6 Å². The first-order valence-electron chi connectivity index (χ1n) is 21.2. The Morgan fingerprint density at radius 2 is 1.07 bits per heavy atom. The average Bonchev–Trinajstić information content (AvgIpc) is 3.13. The van der Waals surface area contributed by atoms with Gasteiger partial charge in [0.05, 0.1) is 27.7 Å². The molecule has 0 aromatic rings. The van der Waals surface area contributed by atoms with Gasteiger partial charge in [-0.2, -0.15) is 0 Å². The number of nitrogens with zero attached hydrogens (tertiary/aromatic N) is 1. The van der Waals surface area contributed by atoms with E-state index >= 15 is 0 Å². The molecule has 0 heterocycles. The van der Waals surface area contributed by atoms with Crippen LogP contribution in [0.2, 0.25) is 0 Å². The van der Waals surface area contributed by atoms with Crippen LogP contribution in [-0.2, 0) is 32.7 Å². The predicted molar refractivity (Wildman–Crippen MR) is 229 cm³/mol. The number of rotatable bonds is 37. The number of carbonyl (C=O) groups is 2. The number of phosphoric ester groups is 1. The third kappa shape index (κ3) is 40.9. The molecule has 0 aliphatic heterocycles. The van der Waals surface area contributed by atoms with Crippen molar-refractivity contribution in [1.29, 1.82) is 0 Å². The van der Waals surface area contributed by atoms with Gasteiger partial charge in [0.1, 0.15) is 19.8 Å². The number of unbranched alkanes of at least 4 members (excludes halogenated alkanes) is 11. The van der Waals surface area contributed by atoms with Crippen LogP contribution < -0.4 is 0 Å². The maximum atomic E-state index is 12.6. The zero-order valence-corrected chi connectivity index (χ0v) is 36.3. The molecule has 0 fully saturated rings. The average molecular weight is 793 g/mol. The first-order valence-corrected chi connectivity index (χ1v) is 22.7. The second-order valence-electron chi connectivity index (χ2n) is 15.0. The Hall–Kier alpha value is -2.55. The van der Waals surface area contributed by atoms with Crippen molar-refractivity contribution in [2.45, 2.75) is 155 Å². The Labute approximate surface area is 336 Å². The summed E-state index contributed by atoms with van der Waals surface area (Å²) in [6.45, 7) is 4.17. The van der Waals surface area contributed by atoms with Crippen LogP contribution in [0.25, 0.3) is 0 Å². The number of hydrogen-bond acceptors (Lipinski definition) is 7. The van der Waals surface area contributed by atoms with Crippen LogP contribution in [0.5, 0.6) is 0 Å². The van der Waals surface area contributed by atoms with Gasteiger partial charge in [-0.25, -0.2) is 4.57 Å². The molecule has 0 amide bonds. The van der Waals surface area contributed by atoms with E-state index in [0.29, 0.717) is 17.4 Å². The molecule has 2 unspecified atom stereocenters. The minimum absolute atomic E-state index is 0.0142. The Balaban J connectivity index is 4.46. The molecule has 0 aliphatic carbocycles. The third-order valence-electron chi connectivity index (χ3n) is 8.48. The van der Waals surface area contributed by atoms with Gasteiger partial charge in [-0.15, -0.1) is 0 Å². The van der Waals surface area contributed by atoms with Crippen LogP contribution >= 0.6 is 7.82 Å². The molecule has 1 N–H and O–H groups in total. The van der Waals surface area contributed by atoms with Gasteiger partial charge in [0.15, 0.2) is 6.10 Å².